The average Bonchev–Trinajstić information content (AvgIpc) is 2.49. The molecule has 22 heavy (non-hydrogen) atoms. The van der Waals surface area contributed by atoms with Crippen molar-refractivity contribution < 1.29 is 4.79 Å². The average molecular weight is 324 g/mol. The number of carbonyl (C=O) groups is 1. The van der Waals surface area contributed by atoms with Crippen molar-refractivity contribution in [2.24, 2.45) is 0 Å². The van der Waals surface area contributed by atoms with Gasteiger partial charge in [-0.15, -0.1) is 0 Å². The molecular weight excluding hydrogens is 296 g/mol. The van der Waals surface area contributed by atoms with E-state index in [1.165, 1.54) is 44.9 Å². The van der Waals surface area contributed by atoms with Crippen molar-refractivity contribution in [3.05, 3.63) is 23.2 Å². The molecule has 0 saturated heterocycles. The molecule has 123 valence electrons. The highest BCUT2D eigenvalue weighted by Crippen LogP contribution is 2.23. The van der Waals surface area contributed by atoms with Crippen LogP contribution in [0.1, 0.15) is 71.1 Å². The highest BCUT2D eigenvalue weighted by Gasteiger charge is 2.04. The summed E-state index contributed by atoms with van der Waals surface area (Å²) in [5.74, 6) is 0.0182. The Morgan fingerprint density at radius 3 is 2.23 bits per heavy atom. The molecule has 1 rings (SSSR count). The van der Waals surface area contributed by atoms with Gasteiger partial charge >= 0.3 is 0 Å². The summed E-state index contributed by atoms with van der Waals surface area (Å²) in [5, 5.41) is 3.22. The van der Waals surface area contributed by atoms with Crippen molar-refractivity contribution in [2.75, 3.05) is 5.32 Å². The van der Waals surface area contributed by atoms with Crippen LogP contribution in [0.2, 0.25) is 5.02 Å². The van der Waals surface area contributed by atoms with Crippen LogP contribution in [0.3, 0.4) is 0 Å². The maximum Gasteiger partial charge on any atom is 0.224 e. The molecule has 1 amide bonds. The van der Waals surface area contributed by atoms with Gasteiger partial charge in [0.25, 0.3) is 0 Å². The minimum Gasteiger partial charge on any atom is -0.326 e. The molecule has 4 heteroatoms. The fraction of sp³-hybridized carbons (Fsp3) is 0.611. The van der Waals surface area contributed by atoms with Crippen LogP contribution in [0.25, 0.3) is 0 Å². The molecule has 0 heterocycles. The fourth-order valence-electron chi connectivity index (χ4n) is 2.42. The summed E-state index contributed by atoms with van der Waals surface area (Å²) < 4.78 is 0. The molecule has 0 bridgehead atoms. The molecule has 3 nitrogen and oxygen atoms in total. The van der Waals surface area contributed by atoms with Crippen LogP contribution in [0, 0.1) is 0 Å². The largest absolute Gasteiger partial charge is 0.326 e. The highest BCUT2D eigenvalue weighted by atomic mass is 35.5. The molecule has 0 atom stereocenters. The monoisotopic (exact) mass is 323 g/mol. The lowest BCUT2D eigenvalue weighted by molar-refractivity contribution is -0.116. The highest BCUT2D eigenvalue weighted by molar-refractivity contribution is 6.33. The molecule has 1 aromatic rings. The predicted molar refractivity (Wildman–Crippen MR) is 94.7 cm³/mol. The van der Waals surface area contributed by atoms with E-state index in [1.54, 1.807) is 18.2 Å². The second kappa shape index (κ2) is 11.4. The Hall–Kier alpha value is -1.22. The number of rotatable bonds is 11. The minimum absolute atomic E-state index is 0.0182. The van der Waals surface area contributed by atoms with Crippen molar-refractivity contribution >= 4 is 28.9 Å². The van der Waals surface area contributed by atoms with Gasteiger partial charge in [0.1, 0.15) is 0 Å². The lowest BCUT2D eigenvalue weighted by atomic mass is 10.1. The Labute approximate surface area is 139 Å². The van der Waals surface area contributed by atoms with E-state index in [-0.39, 0.29) is 11.6 Å². The van der Waals surface area contributed by atoms with Crippen LogP contribution >= 0.6 is 11.6 Å². The summed E-state index contributed by atoms with van der Waals surface area (Å²) in [4.78, 5) is 11.8. The number of carbonyl (C=O) groups excluding carboxylic acids is 1. The summed E-state index contributed by atoms with van der Waals surface area (Å²) in [6.07, 6.45) is 11.8. The third-order valence-electron chi connectivity index (χ3n) is 3.76. The van der Waals surface area contributed by atoms with E-state index in [2.05, 4.69) is 12.2 Å². The van der Waals surface area contributed by atoms with Crippen LogP contribution in [-0.2, 0) is 4.79 Å². The topological polar surface area (TPSA) is 52.9 Å². The first kappa shape index (κ1) is 18.8. The summed E-state index contributed by atoms with van der Waals surface area (Å²) >= 11 is 5.79. The quantitative estimate of drug-likeness (QED) is 0.490. The van der Waals surface area contributed by atoms with E-state index >= 15 is 0 Å². The van der Waals surface area contributed by atoms with Gasteiger partial charge in [-0.05, 0) is 24.6 Å². The van der Waals surface area contributed by atoms with Crippen LogP contribution in [0.4, 0.5) is 11.4 Å². The first-order valence-electron chi connectivity index (χ1n) is 8.44. The van der Waals surface area contributed by atoms with Crippen molar-refractivity contribution in [1.29, 1.82) is 0 Å². The smallest absolute Gasteiger partial charge is 0.224 e. The molecule has 0 unspecified atom stereocenters. The van der Waals surface area contributed by atoms with Gasteiger partial charge in [-0.25, -0.2) is 0 Å². The molecule has 0 spiro atoms. The molecule has 0 aliphatic carbocycles. The Morgan fingerprint density at radius 2 is 1.64 bits per heavy atom. The van der Waals surface area contributed by atoms with E-state index in [4.69, 9.17) is 17.3 Å². The standard InChI is InChI=1S/C18H28ClN2O/c1-2-3-4-5-6-7-8-9-10-11-18(22)21-15-12-13-16(19)17(20)14-15/h12-14,20H,2-11H2,1H3,(H,21,22). The third-order valence-corrected chi connectivity index (χ3v) is 4.09. The molecule has 1 aromatic carbocycles. The van der Waals surface area contributed by atoms with Crippen molar-refractivity contribution in [3.63, 3.8) is 0 Å². The van der Waals surface area contributed by atoms with Gasteiger partial charge in [0.15, 0.2) is 0 Å². The number of unbranched alkanes of at least 4 members (excludes halogenated alkanes) is 8. The van der Waals surface area contributed by atoms with Crippen LogP contribution in [-0.4, -0.2) is 5.91 Å². The number of anilines is 1. The molecule has 2 N–H and O–H groups in total. The van der Waals surface area contributed by atoms with Crippen molar-refractivity contribution in [2.45, 2.75) is 71.1 Å². The van der Waals surface area contributed by atoms with Crippen LogP contribution in [0.15, 0.2) is 18.2 Å². The zero-order valence-corrected chi connectivity index (χ0v) is 14.3. The molecule has 0 aliphatic rings. The number of hydrogen-bond acceptors (Lipinski definition) is 1. The maximum atomic E-state index is 11.8. The summed E-state index contributed by atoms with van der Waals surface area (Å²) in [7, 11) is 0. The minimum atomic E-state index is 0.0182. The number of hydrogen-bond donors (Lipinski definition) is 1. The Bertz CT molecular complexity index is 449. The molecular formula is C18H28ClN2O. The number of amides is 1. The normalized spacial score (nSPS) is 10.6. The van der Waals surface area contributed by atoms with Gasteiger partial charge < -0.3 is 5.32 Å². The first-order valence-corrected chi connectivity index (χ1v) is 8.82. The number of halogens is 1. The number of benzene rings is 1. The van der Waals surface area contributed by atoms with E-state index in [0.717, 1.165) is 12.8 Å². The lowest BCUT2D eigenvalue weighted by Gasteiger charge is -2.06. The molecule has 0 aromatic heterocycles. The number of nitrogens with one attached hydrogen (secondary N) is 2. The second-order valence-electron chi connectivity index (χ2n) is 5.82. The summed E-state index contributed by atoms with van der Waals surface area (Å²) in [5.41, 5.74) is 8.48. The maximum absolute atomic E-state index is 11.8. The SMILES string of the molecule is CCCCCCCCCCCC(=O)Nc1ccc(Cl)c([NH])c1. The molecule has 0 fully saturated rings. The van der Waals surface area contributed by atoms with Gasteiger partial charge in [0.2, 0.25) is 5.91 Å². The zero-order chi connectivity index (χ0) is 16.2. The van der Waals surface area contributed by atoms with Gasteiger partial charge in [-0.1, -0.05) is 69.9 Å². The van der Waals surface area contributed by atoms with Gasteiger partial charge in [-0.3, -0.25) is 10.5 Å². The predicted octanol–water partition coefficient (Wildman–Crippen LogP) is 6.11. The fourth-order valence-corrected chi connectivity index (χ4v) is 2.54. The Kier molecular flexibility index (Phi) is 9.72. The van der Waals surface area contributed by atoms with E-state index in [9.17, 15) is 4.79 Å². The van der Waals surface area contributed by atoms with Gasteiger partial charge in [0, 0.05) is 12.1 Å². The van der Waals surface area contributed by atoms with Crippen LogP contribution < -0.4 is 11.1 Å². The van der Waals surface area contributed by atoms with E-state index in [1.807, 2.05) is 0 Å². The molecule has 0 aliphatic heterocycles. The zero-order valence-electron chi connectivity index (χ0n) is 13.6. The van der Waals surface area contributed by atoms with Gasteiger partial charge in [-0.2, -0.15) is 0 Å². The molecule has 1 radical (unpaired) electrons. The second-order valence-corrected chi connectivity index (χ2v) is 6.23. The van der Waals surface area contributed by atoms with Crippen LogP contribution in [0.5, 0.6) is 0 Å². The van der Waals surface area contributed by atoms with E-state index < -0.39 is 0 Å². The van der Waals surface area contributed by atoms with Gasteiger partial charge in [0.05, 0.1) is 10.7 Å². The third kappa shape index (κ3) is 8.28. The Balaban J connectivity index is 2.05. The van der Waals surface area contributed by atoms with E-state index in [0.29, 0.717) is 17.1 Å². The summed E-state index contributed by atoms with van der Waals surface area (Å²) in [6.45, 7) is 2.24. The first-order chi connectivity index (χ1) is 10.6. The van der Waals surface area contributed by atoms with Crippen molar-refractivity contribution in [3.8, 4) is 0 Å². The lowest BCUT2D eigenvalue weighted by Crippen LogP contribution is -2.10. The molecule has 0 saturated carbocycles. The van der Waals surface area contributed by atoms with Crippen molar-refractivity contribution in [1.82, 2.24) is 5.73 Å². The Morgan fingerprint density at radius 1 is 1.05 bits per heavy atom. The summed E-state index contributed by atoms with van der Waals surface area (Å²) in [6, 6.07) is 4.95.